The summed E-state index contributed by atoms with van der Waals surface area (Å²) in [6, 6.07) is 17.2. The smallest absolute Gasteiger partial charge is 0.0555 e. The summed E-state index contributed by atoms with van der Waals surface area (Å²) in [7, 11) is 5.92. The fourth-order valence-corrected chi connectivity index (χ4v) is 4.12. The van der Waals surface area contributed by atoms with Crippen molar-refractivity contribution in [2.75, 3.05) is 21.1 Å². The van der Waals surface area contributed by atoms with Gasteiger partial charge >= 0.3 is 0 Å². The van der Waals surface area contributed by atoms with E-state index < -0.39 is 0 Å². The van der Waals surface area contributed by atoms with Gasteiger partial charge in [0.15, 0.2) is 0 Å². The monoisotopic (exact) mass is 377 g/mol. The molecule has 7 N–H and O–H groups in total. The molecular formula is C23H31N5. The number of rotatable bonds is 8. The fourth-order valence-electron chi connectivity index (χ4n) is 4.12. The van der Waals surface area contributed by atoms with Gasteiger partial charge < -0.3 is 27.4 Å². The molecule has 0 amide bonds. The van der Waals surface area contributed by atoms with Crippen molar-refractivity contribution in [3.8, 4) is 0 Å². The number of nitrogens with two attached hydrogens (primary N) is 2. The number of hydrogen-bond acceptors (Lipinski definition) is 5. The van der Waals surface area contributed by atoms with Gasteiger partial charge in [-0.15, -0.1) is 0 Å². The second kappa shape index (κ2) is 8.95. The molecule has 0 spiro atoms. The van der Waals surface area contributed by atoms with Gasteiger partial charge in [0.25, 0.3) is 0 Å². The van der Waals surface area contributed by atoms with Crippen molar-refractivity contribution >= 4 is 0 Å². The molecule has 0 aromatic heterocycles. The van der Waals surface area contributed by atoms with E-state index in [1.165, 1.54) is 22.5 Å². The first kappa shape index (κ1) is 20.0. The topological polar surface area (TPSA) is 88.1 Å². The Hall–Kier alpha value is -2.76. The Kier molecular flexibility index (Phi) is 6.39. The highest BCUT2D eigenvalue weighted by molar-refractivity contribution is 5.48. The summed E-state index contributed by atoms with van der Waals surface area (Å²) in [5.41, 5.74) is 20.1. The Balaban J connectivity index is 2.20. The third kappa shape index (κ3) is 3.77. The summed E-state index contributed by atoms with van der Waals surface area (Å²) in [6.45, 7) is 1.05. The lowest BCUT2D eigenvalue weighted by Gasteiger charge is -2.30. The standard InChI is InChI=1S/C23H31N5/c1-26-19-12-20(27-2)23(28-3)22(19)21(17-8-4-6-15(10-17)13-24)18-9-5-7-16(11-18)14-25/h4-12,21-22,26-28H,13-14,24-25H2,1-3H3. The fraction of sp³-hybridized carbons (Fsp3) is 0.304. The molecule has 0 fully saturated rings. The first-order chi connectivity index (χ1) is 13.7. The van der Waals surface area contributed by atoms with E-state index in [-0.39, 0.29) is 11.8 Å². The summed E-state index contributed by atoms with van der Waals surface area (Å²) in [5.74, 6) is 0.267. The third-order valence-corrected chi connectivity index (χ3v) is 5.49. The van der Waals surface area contributed by atoms with Crippen LogP contribution in [0.2, 0.25) is 0 Å². The van der Waals surface area contributed by atoms with Gasteiger partial charge in [-0.2, -0.15) is 0 Å². The largest absolute Gasteiger partial charge is 0.391 e. The van der Waals surface area contributed by atoms with Crippen LogP contribution in [0, 0.1) is 5.92 Å². The number of allylic oxidation sites excluding steroid dienone is 1. The lowest BCUT2D eigenvalue weighted by molar-refractivity contribution is 0.562. The summed E-state index contributed by atoms with van der Waals surface area (Å²) in [4.78, 5) is 0. The van der Waals surface area contributed by atoms with Crippen molar-refractivity contribution < 1.29 is 0 Å². The van der Waals surface area contributed by atoms with Crippen LogP contribution in [-0.4, -0.2) is 21.1 Å². The van der Waals surface area contributed by atoms with Gasteiger partial charge in [-0.3, -0.25) is 0 Å². The molecule has 28 heavy (non-hydrogen) atoms. The van der Waals surface area contributed by atoms with Crippen molar-refractivity contribution in [2.24, 2.45) is 17.4 Å². The zero-order valence-corrected chi connectivity index (χ0v) is 16.9. The molecule has 1 aliphatic rings. The van der Waals surface area contributed by atoms with Crippen LogP contribution < -0.4 is 27.4 Å². The van der Waals surface area contributed by atoms with Gasteiger partial charge in [-0.1, -0.05) is 48.5 Å². The normalized spacial score (nSPS) is 16.4. The van der Waals surface area contributed by atoms with E-state index in [2.05, 4.69) is 70.6 Å². The van der Waals surface area contributed by atoms with Gasteiger partial charge in [-0.25, -0.2) is 0 Å². The summed E-state index contributed by atoms with van der Waals surface area (Å²) < 4.78 is 0. The molecule has 0 heterocycles. The molecule has 0 saturated carbocycles. The van der Waals surface area contributed by atoms with Crippen LogP contribution in [0.3, 0.4) is 0 Å². The van der Waals surface area contributed by atoms with E-state index in [0.29, 0.717) is 13.1 Å². The Bertz CT molecular complexity index is 837. The van der Waals surface area contributed by atoms with Crippen LogP contribution in [0.15, 0.2) is 71.7 Å². The maximum absolute atomic E-state index is 5.94. The molecule has 2 aromatic carbocycles. The minimum absolute atomic E-state index is 0.130. The number of benzene rings is 2. The molecule has 0 bridgehead atoms. The van der Waals surface area contributed by atoms with Gasteiger partial charge in [0.1, 0.15) is 0 Å². The van der Waals surface area contributed by atoms with Crippen molar-refractivity contribution in [3.63, 3.8) is 0 Å². The lowest BCUT2D eigenvalue weighted by Crippen LogP contribution is -2.28. The average molecular weight is 378 g/mol. The van der Waals surface area contributed by atoms with Gasteiger partial charge in [0.05, 0.1) is 11.6 Å². The van der Waals surface area contributed by atoms with Crippen LogP contribution in [0.5, 0.6) is 0 Å². The summed E-state index contributed by atoms with van der Waals surface area (Å²) in [6.07, 6.45) is 2.18. The molecule has 3 rings (SSSR count). The number of hydrogen-bond donors (Lipinski definition) is 5. The molecule has 1 unspecified atom stereocenters. The van der Waals surface area contributed by atoms with Crippen LogP contribution in [0.4, 0.5) is 0 Å². The summed E-state index contributed by atoms with van der Waals surface area (Å²) in [5, 5.41) is 10.2. The molecular weight excluding hydrogens is 346 g/mol. The highest BCUT2D eigenvalue weighted by Crippen LogP contribution is 2.43. The Morgan fingerprint density at radius 3 is 1.82 bits per heavy atom. The number of nitrogens with one attached hydrogen (secondary N) is 3. The van der Waals surface area contributed by atoms with E-state index in [0.717, 1.165) is 16.8 Å². The second-order valence-electron chi connectivity index (χ2n) is 7.03. The van der Waals surface area contributed by atoms with Crippen LogP contribution in [-0.2, 0) is 13.1 Å². The Morgan fingerprint density at radius 2 is 1.39 bits per heavy atom. The minimum atomic E-state index is 0.130. The third-order valence-electron chi connectivity index (χ3n) is 5.49. The molecule has 148 valence electrons. The first-order valence-electron chi connectivity index (χ1n) is 9.73. The Labute approximate surface area is 167 Å². The van der Waals surface area contributed by atoms with Crippen molar-refractivity contribution in [1.82, 2.24) is 16.0 Å². The van der Waals surface area contributed by atoms with Crippen molar-refractivity contribution in [3.05, 3.63) is 94.0 Å². The minimum Gasteiger partial charge on any atom is -0.391 e. The molecule has 5 nitrogen and oxygen atoms in total. The quantitative estimate of drug-likeness (QED) is 0.486. The van der Waals surface area contributed by atoms with Crippen LogP contribution in [0.25, 0.3) is 0 Å². The molecule has 1 aliphatic carbocycles. The van der Waals surface area contributed by atoms with E-state index in [4.69, 9.17) is 11.5 Å². The van der Waals surface area contributed by atoms with Gasteiger partial charge in [-0.05, 0) is 28.3 Å². The molecule has 5 heteroatoms. The van der Waals surface area contributed by atoms with Gasteiger partial charge in [0, 0.05) is 51.5 Å². The van der Waals surface area contributed by atoms with E-state index in [1.807, 2.05) is 21.1 Å². The summed E-state index contributed by atoms with van der Waals surface area (Å²) >= 11 is 0. The zero-order chi connectivity index (χ0) is 20.1. The first-order valence-corrected chi connectivity index (χ1v) is 9.73. The SMILES string of the molecule is CNC1=CC(NC)=C(NC)C1C(c1cccc(CN)c1)c1cccc(CN)c1. The molecule has 2 aromatic rings. The zero-order valence-electron chi connectivity index (χ0n) is 16.9. The molecule has 0 radical (unpaired) electrons. The molecule has 0 aliphatic heterocycles. The van der Waals surface area contributed by atoms with Crippen LogP contribution in [0.1, 0.15) is 28.2 Å². The molecule has 1 atom stereocenters. The maximum atomic E-state index is 5.94. The second-order valence-corrected chi connectivity index (χ2v) is 7.03. The van der Waals surface area contributed by atoms with Crippen molar-refractivity contribution in [2.45, 2.75) is 19.0 Å². The van der Waals surface area contributed by atoms with Crippen LogP contribution >= 0.6 is 0 Å². The predicted molar refractivity (Wildman–Crippen MR) is 116 cm³/mol. The number of likely N-dealkylation sites (N-methyl/N-ethyl adjacent to an activating group) is 1. The van der Waals surface area contributed by atoms with Gasteiger partial charge in [0.2, 0.25) is 0 Å². The average Bonchev–Trinajstić information content (AvgIpc) is 3.11. The lowest BCUT2D eigenvalue weighted by atomic mass is 9.77. The van der Waals surface area contributed by atoms with Crippen molar-refractivity contribution in [1.29, 1.82) is 0 Å². The van der Waals surface area contributed by atoms with E-state index in [9.17, 15) is 0 Å². The predicted octanol–water partition coefficient (Wildman–Crippen LogP) is 2.12. The highest BCUT2D eigenvalue weighted by Gasteiger charge is 2.35. The van der Waals surface area contributed by atoms with E-state index >= 15 is 0 Å². The molecule has 0 saturated heterocycles. The maximum Gasteiger partial charge on any atom is 0.0555 e. The van der Waals surface area contributed by atoms with E-state index in [1.54, 1.807) is 0 Å². The highest BCUT2D eigenvalue weighted by atomic mass is 15.0. The Morgan fingerprint density at radius 1 is 0.821 bits per heavy atom.